The van der Waals surface area contributed by atoms with Crippen LogP contribution in [0.3, 0.4) is 0 Å². The Morgan fingerprint density at radius 1 is 1.22 bits per heavy atom. The van der Waals surface area contributed by atoms with E-state index in [9.17, 15) is 0 Å². The van der Waals surface area contributed by atoms with Gasteiger partial charge in [0.2, 0.25) is 0 Å². The Morgan fingerprint density at radius 3 is 2.56 bits per heavy atom. The van der Waals surface area contributed by atoms with E-state index in [4.69, 9.17) is 9.16 Å². The minimum Gasteiger partial charge on any atom is -0.408 e. The van der Waals surface area contributed by atoms with Crippen molar-refractivity contribution in [3.8, 4) is 0 Å². The number of benzene rings is 1. The Bertz CT molecular complexity index is 421. The molecule has 0 spiro atoms. The van der Waals surface area contributed by atoms with Gasteiger partial charge in [-0.25, -0.2) is 0 Å². The fourth-order valence-corrected chi connectivity index (χ4v) is 3.24. The van der Waals surface area contributed by atoms with Gasteiger partial charge in [-0.3, -0.25) is 0 Å². The van der Waals surface area contributed by atoms with Crippen molar-refractivity contribution >= 4 is 8.32 Å². The van der Waals surface area contributed by atoms with E-state index < -0.39 is 8.32 Å². The molecule has 1 atom stereocenters. The van der Waals surface area contributed by atoms with Gasteiger partial charge < -0.3 is 9.16 Å². The van der Waals surface area contributed by atoms with Crippen molar-refractivity contribution in [1.82, 2.24) is 0 Å². The maximum absolute atomic E-state index is 6.48. The molecule has 0 radical (unpaired) electrons. The Hall–Kier alpha value is -0.643. The minimum absolute atomic E-state index is 0.107. The number of ether oxygens (including phenoxy) is 1. The lowest BCUT2D eigenvalue weighted by Gasteiger charge is -2.40. The van der Waals surface area contributed by atoms with Crippen LogP contribution in [-0.2, 0) is 15.8 Å². The van der Waals surface area contributed by atoms with Crippen molar-refractivity contribution in [3.05, 3.63) is 35.4 Å². The first-order chi connectivity index (χ1) is 8.31. The van der Waals surface area contributed by atoms with Crippen molar-refractivity contribution in [2.45, 2.75) is 51.6 Å². The first kappa shape index (κ1) is 13.8. The maximum atomic E-state index is 6.48. The van der Waals surface area contributed by atoms with Crippen LogP contribution in [0.5, 0.6) is 0 Å². The highest BCUT2D eigenvalue weighted by molar-refractivity contribution is 6.74. The molecule has 0 saturated heterocycles. The molecule has 1 heterocycles. The van der Waals surface area contributed by atoms with Gasteiger partial charge in [0, 0.05) is 0 Å². The second-order valence-electron chi connectivity index (χ2n) is 6.58. The average molecular weight is 264 g/mol. The predicted octanol–water partition coefficient (Wildman–Crippen LogP) is 4.28. The highest BCUT2D eigenvalue weighted by Gasteiger charge is 2.40. The van der Waals surface area contributed by atoms with Crippen molar-refractivity contribution in [3.63, 3.8) is 0 Å². The summed E-state index contributed by atoms with van der Waals surface area (Å²) in [4.78, 5) is 0. The molecule has 1 aliphatic rings. The summed E-state index contributed by atoms with van der Waals surface area (Å²) in [7, 11) is -1.74. The number of rotatable bonds is 2. The molecule has 1 unspecified atom stereocenters. The first-order valence-corrected chi connectivity index (χ1v) is 9.55. The van der Waals surface area contributed by atoms with Crippen LogP contribution in [0.2, 0.25) is 18.1 Å². The van der Waals surface area contributed by atoms with Crippen LogP contribution in [0.25, 0.3) is 0 Å². The molecule has 2 nitrogen and oxygen atoms in total. The van der Waals surface area contributed by atoms with Crippen LogP contribution >= 0.6 is 0 Å². The molecule has 0 aromatic heterocycles. The Morgan fingerprint density at radius 2 is 1.89 bits per heavy atom. The fourth-order valence-electron chi connectivity index (χ4n) is 1.98. The van der Waals surface area contributed by atoms with Crippen LogP contribution in [0.1, 0.15) is 38.0 Å². The Balaban J connectivity index is 2.22. The van der Waals surface area contributed by atoms with Crippen LogP contribution in [-0.4, -0.2) is 14.9 Å². The second-order valence-corrected chi connectivity index (χ2v) is 11.3. The SMILES string of the molecule is CC(C)(C)[Si](C)(C)OC1COCc2ccccc21. The predicted molar refractivity (Wildman–Crippen MR) is 77.1 cm³/mol. The maximum Gasteiger partial charge on any atom is 0.193 e. The summed E-state index contributed by atoms with van der Waals surface area (Å²) in [6.07, 6.45) is 0.107. The molecule has 0 saturated carbocycles. The molecule has 0 fully saturated rings. The molecule has 2 rings (SSSR count). The van der Waals surface area contributed by atoms with Crippen LogP contribution in [0, 0.1) is 0 Å². The molecule has 1 aromatic rings. The zero-order valence-electron chi connectivity index (χ0n) is 12.1. The van der Waals surface area contributed by atoms with Gasteiger partial charge in [-0.15, -0.1) is 0 Å². The topological polar surface area (TPSA) is 18.5 Å². The van der Waals surface area contributed by atoms with Gasteiger partial charge in [-0.2, -0.15) is 0 Å². The van der Waals surface area contributed by atoms with E-state index in [1.165, 1.54) is 11.1 Å². The third-order valence-corrected chi connectivity index (χ3v) is 8.66. The minimum atomic E-state index is -1.74. The van der Waals surface area contributed by atoms with Gasteiger partial charge >= 0.3 is 0 Å². The van der Waals surface area contributed by atoms with Gasteiger partial charge in [0.1, 0.15) is 0 Å². The lowest BCUT2D eigenvalue weighted by atomic mass is 10.0. The van der Waals surface area contributed by atoms with Crippen molar-refractivity contribution in [2.24, 2.45) is 0 Å². The summed E-state index contributed by atoms with van der Waals surface area (Å²) in [6.45, 7) is 12.8. The fraction of sp³-hybridized carbons (Fsp3) is 0.600. The molecule has 100 valence electrons. The van der Waals surface area contributed by atoms with Gasteiger partial charge in [0.15, 0.2) is 8.32 Å². The molecule has 0 N–H and O–H groups in total. The summed E-state index contributed by atoms with van der Waals surface area (Å²) in [5.41, 5.74) is 2.58. The summed E-state index contributed by atoms with van der Waals surface area (Å²) >= 11 is 0. The van der Waals surface area contributed by atoms with Crippen molar-refractivity contribution in [2.75, 3.05) is 6.61 Å². The number of fused-ring (bicyclic) bond motifs is 1. The average Bonchev–Trinajstić information content (AvgIpc) is 2.27. The summed E-state index contributed by atoms with van der Waals surface area (Å²) in [5, 5.41) is 0.236. The highest BCUT2D eigenvalue weighted by atomic mass is 28.4. The lowest BCUT2D eigenvalue weighted by molar-refractivity contribution is 0.0160. The largest absolute Gasteiger partial charge is 0.408 e. The van der Waals surface area contributed by atoms with Gasteiger partial charge in [-0.05, 0) is 29.3 Å². The van der Waals surface area contributed by atoms with E-state index in [0.717, 1.165) is 0 Å². The number of hydrogen-bond donors (Lipinski definition) is 0. The molecule has 1 aliphatic heterocycles. The molecule has 1 aromatic carbocycles. The van der Waals surface area contributed by atoms with Crippen LogP contribution in [0.15, 0.2) is 24.3 Å². The van der Waals surface area contributed by atoms with Crippen molar-refractivity contribution in [1.29, 1.82) is 0 Å². The second kappa shape index (κ2) is 4.80. The first-order valence-electron chi connectivity index (χ1n) is 6.65. The number of hydrogen-bond acceptors (Lipinski definition) is 2. The summed E-state index contributed by atoms with van der Waals surface area (Å²) < 4.78 is 12.1. The zero-order chi connectivity index (χ0) is 13.4. The lowest BCUT2D eigenvalue weighted by Crippen LogP contribution is -2.43. The molecular weight excluding hydrogens is 240 g/mol. The normalized spacial score (nSPS) is 20.6. The van der Waals surface area contributed by atoms with E-state index in [1.54, 1.807) is 0 Å². The van der Waals surface area contributed by atoms with E-state index in [1.807, 2.05) is 0 Å². The van der Waals surface area contributed by atoms with Gasteiger partial charge in [-0.1, -0.05) is 45.0 Å². The monoisotopic (exact) mass is 264 g/mol. The highest BCUT2D eigenvalue weighted by Crippen LogP contribution is 2.41. The van der Waals surface area contributed by atoms with Gasteiger partial charge in [0.25, 0.3) is 0 Å². The Labute approximate surface area is 111 Å². The molecular formula is C15H24O2Si. The standard InChI is InChI=1S/C15H24O2Si/c1-15(2,3)18(4,5)17-14-11-16-10-12-8-6-7-9-13(12)14/h6-9,14H,10-11H2,1-5H3. The smallest absolute Gasteiger partial charge is 0.193 e. The van der Waals surface area contributed by atoms with Gasteiger partial charge in [0.05, 0.1) is 19.3 Å². The molecule has 0 bridgehead atoms. The molecule has 0 aliphatic carbocycles. The quantitative estimate of drug-likeness (QED) is 0.742. The van der Waals surface area contributed by atoms with E-state index in [2.05, 4.69) is 58.1 Å². The van der Waals surface area contributed by atoms with E-state index in [0.29, 0.717) is 13.2 Å². The Kier molecular flexibility index (Phi) is 3.67. The molecule has 3 heteroatoms. The zero-order valence-corrected chi connectivity index (χ0v) is 13.1. The third-order valence-electron chi connectivity index (χ3n) is 4.17. The molecule has 0 amide bonds. The summed E-state index contributed by atoms with van der Waals surface area (Å²) in [5.74, 6) is 0. The van der Waals surface area contributed by atoms with E-state index in [-0.39, 0.29) is 11.1 Å². The molecule has 18 heavy (non-hydrogen) atoms. The van der Waals surface area contributed by atoms with Crippen LogP contribution in [0.4, 0.5) is 0 Å². The van der Waals surface area contributed by atoms with Crippen LogP contribution < -0.4 is 0 Å². The third kappa shape index (κ3) is 2.68. The summed E-state index contributed by atoms with van der Waals surface area (Å²) in [6, 6.07) is 8.47. The van der Waals surface area contributed by atoms with Crippen molar-refractivity contribution < 1.29 is 9.16 Å². The van der Waals surface area contributed by atoms with E-state index >= 15 is 0 Å².